The van der Waals surface area contributed by atoms with E-state index in [0.29, 0.717) is 28.6 Å². The standard InChI is InChI=1S/C17H15NO3S/c1-8-16(17(19)20)13-5-10(3-4-14(13)21-8)11-6-12(11)15-7-18-9(2)22-15/h3-5,7,11-12H,6H2,1-2H3,(H,19,20). The zero-order chi connectivity index (χ0) is 15.4. The summed E-state index contributed by atoms with van der Waals surface area (Å²) in [6, 6.07) is 5.92. The molecule has 2 heterocycles. The van der Waals surface area contributed by atoms with E-state index in [2.05, 4.69) is 11.1 Å². The molecular weight excluding hydrogens is 298 g/mol. The number of rotatable bonds is 3. The van der Waals surface area contributed by atoms with E-state index in [4.69, 9.17) is 4.42 Å². The first-order valence-electron chi connectivity index (χ1n) is 7.23. The van der Waals surface area contributed by atoms with Crippen LogP contribution in [0.25, 0.3) is 11.0 Å². The lowest BCUT2D eigenvalue weighted by Crippen LogP contribution is -1.96. The van der Waals surface area contributed by atoms with Crippen molar-refractivity contribution in [3.8, 4) is 0 Å². The minimum atomic E-state index is -0.932. The Labute approximate surface area is 131 Å². The number of furan rings is 1. The van der Waals surface area contributed by atoms with Crippen LogP contribution in [0.1, 0.15) is 49.8 Å². The third-order valence-corrected chi connectivity index (χ3v) is 5.37. The fourth-order valence-corrected chi connectivity index (χ4v) is 4.12. The van der Waals surface area contributed by atoms with Crippen LogP contribution in [0.5, 0.6) is 0 Å². The average Bonchev–Trinajstić information content (AvgIpc) is 3.03. The van der Waals surface area contributed by atoms with E-state index in [0.717, 1.165) is 11.4 Å². The predicted molar refractivity (Wildman–Crippen MR) is 84.9 cm³/mol. The normalized spacial score (nSPS) is 20.5. The van der Waals surface area contributed by atoms with Crippen molar-refractivity contribution in [2.75, 3.05) is 0 Å². The number of benzene rings is 1. The molecule has 0 spiro atoms. The van der Waals surface area contributed by atoms with Gasteiger partial charge in [-0.2, -0.15) is 0 Å². The molecule has 3 aromatic rings. The minimum Gasteiger partial charge on any atom is -0.478 e. The molecule has 1 fully saturated rings. The number of aromatic nitrogens is 1. The molecule has 2 unspecified atom stereocenters. The van der Waals surface area contributed by atoms with Gasteiger partial charge in [0.2, 0.25) is 0 Å². The highest BCUT2D eigenvalue weighted by molar-refractivity contribution is 7.11. The van der Waals surface area contributed by atoms with Crippen LogP contribution in [0.3, 0.4) is 0 Å². The number of carbonyl (C=O) groups is 1. The van der Waals surface area contributed by atoms with Crippen LogP contribution >= 0.6 is 11.3 Å². The summed E-state index contributed by atoms with van der Waals surface area (Å²) in [6.45, 7) is 3.72. The summed E-state index contributed by atoms with van der Waals surface area (Å²) >= 11 is 1.75. The van der Waals surface area contributed by atoms with Crippen molar-refractivity contribution < 1.29 is 14.3 Å². The fraction of sp³-hybridized carbons (Fsp3) is 0.294. The summed E-state index contributed by atoms with van der Waals surface area (Å²) in [5.41, 5.74) is 2.11. The molecule has 5 heteroatoms. The molecule has 2 atom stereocenters. The van der Waals surface area contributed by atoms with Crippen molar-refractivity contribution in [3.63, 3.8) is 0 Å². The van der Waals surface area contributed by atoms with Crippen LogP contribution in [-0.2, 0) is 0 Å². The third-order valence-electron chi connectivity index (χ3n) is 4.33. The Morgan fingerprint density at radius 2 is 2.18 bits per heavy atom. The molecular formula is C17H15NO3S. The van der Waals surface area contributed by atoms with Gasteiger partial charge >= 0.3 is 5.97 Å². The summed E-state index contributed by atoms with van der Waals surface area (Å²) in [5.74, 6) is 0.509. The van der Waals surface area contributed by atoms with Gasteiger partial charge in [0.05, 0.1) is 5.01 Å². The largest absolute Gasteiger partial charge is 0.478 e. The average molecular weight is 313 g/mol. The molecule has 1 aromatic carbocycles. The Bertz CT molecular complexity index is 893. The van der Waals surface area contributed by atoms with E-state index < -0.39 is 5.97 Å². The monoisotopic (exact) mass is 313 g/mol. The number of hydrogen-bond donors (Lipinski definition) is 1. The van der Waals surface area contributed by atoms with Gasteiger partial charge in [-0.3, -0.25) is 0 Å². The molecule has 22 heavy (non-hydrogen) atoms. The number of nitrogens with zero attached hydrogens (tertiary/aromatic N) is 1. The summed E-state index contributed by atoms with van der Waals surface area (Å²) in [6.07, 6.45) is 3.07. The van der Waals surface area contributed by atoms with Crippen molar-refractivity contribution in [2.45, 2.75) is 32.1 Å². The third kappa shape index (κ3) is 2.04. The summed E-state index contributed by atoms with van der Waals surface area (Å²) in [7, 11) is 0. The van der Waals surface area contributed by atoms with Gasteiger partial charge < -0.3 is 9.52 Å². The maximum Gasteiger partial charge on any atom is 0.339 e. The molecule has 0 saturated heterocycles. The molecule has 0 bridgehead atoms. The maximum atomic E-state index is 11.4. The van der Waals surface area contributed by atoms with Crippen LogP contribution in [0.4, 0.5) is 0 Å². The Morgan fingerprint density at radius 3 is 2.86 bits per heavy atom. The Kier molecular flexibility index (Phi) is 2.87. The molecule has 2 aromatic heterocycles. The van der Waals surface area contributed by atoms with E-state index in [-0.39, 0.29) is 5.56 Å². The Balaban J connectivity index is 1.72. The van der Waals surface area contributed by atoms with E-state index in [1.165, 1.54) is 10.4 Å². The van der Waals surface area contributed by atoms with Crippen LogP contribution in [-0.4, -0.2) is 16.1 Å². The second kappa shape index (κ2) is 4.68. The number of carboxylic acid groups (broad SMARTS) is 1. The second-order valence-electron chi connectivity index (χ2n) is 5.82. The topological polar surface area (TPSA) is 63.3 Å². The van der Waals surface area contributed by atoms with Gasteiger partial charge in [0.1, 0.15) is 16.9 Å². The van der Waals surface area contributed by atoms with Crippen LogP contribution in [0.2, 0.25) is 0 Å². The molecule has 1 N–H and O–H groups in total. The number of hydrogen-bond acceptors (Lipinski definition) is 4. The summed E-state index contributed by atoms with van der Waals surface area (Å²) in [5, 5.41) is 11.2. The number of carboxylic acids is 1. The first-order chi connectivity index (χ1) is 10.5. The molecule has 4 nitrogen and oxygen atoms in total. The second-order valence-corrected chi connectivity index (χ2v) is 7.09. The summed E-state index contributed by atoms with van der Waals surface area (Å²) < 4.78 is 5.54. The van der Waals surface area contributed by atoms with E-state index in [9.17, 15) is 9.90 Å². The highest BCUT2D eigenvalue weighted by Gasteiger charge is 2.41. The number of thiazole rings is 1. The predicted octanol–water partition coefficient (Wildman–Crippen LogP) is 4.48. The zero-order valence-corrected chi connectivity index (χ0v) is 13.1. The SMILES string of the molecule is Cc1ncc(C2CC2c2ccc3oc(C)c(C(=O)O)c3c2)s1. The maximum absolute atomic E-state index is 11.4. The van der Waals surface area contributed by atoms with Crippen LogP contribution < -0.4 is 0 Å². The molecule has 0 amide bonds. The molecule has 0 radical (unpaired) electrons. The minimum absolute atomic E-state index is 0.280. The van der Waals surface area contributed by atoms with Gasteiger partial charge in [-0.1, -0.05) is 6.07 Å². The Hall–Kier alpha value is -2.14. The van der Waals surface area contributed by atoms with Crippen LogP contribution in [0.15, 0.2) is 28.8 Å². The van der Waals surface area contributed by atoms with E-state index in [1.807, 2.05) is 25.3 Å². The van der Waals surface area contributed by atoms with E-state index in [1.54, 1.807) is 18.3 Å². The van der Waals surface area contributed by atoms with Crippen molar-refractivity contribution in [3.05, 3.63) is 51.2 Å². The van der Waals surface area contributed by atoms with Gasteiger partial charge in [-0.05, 0) is 43.9 Å². The zero-order valence-electron chi connectivity index (χ0n) is 12.3. The molecule has 112 valence electrons. The summed E-state index contributed by atoms with van der Waals surface area (Å²) in [4.78, 5) is 17.1. The molecule has 1 saturated carbocycles. The lowest BCUT2D eigenvalue weighted by molar-refractivity contribution is 0.0697. The first-order valence-corrected chi connectivity index (χ1v) is 8.05. The number of aromatic carboxylic acids is 1. The van der Waals surface area contributed by atoms with Crippen LogP contribution in [0, 0.1) is 13.8 Å². The lowest BCUT2D eigenvalue weighted by atomic mass is 10.0. The first kappa shape index (κ1) is 13.5. The molecule has 1 aliphatic carbocycles. The Morgan fingerprint density at radius 1 is 1.36 bits per heavy atom. The van der Waals surface area contributed by atoms with Gasteiger partial charge in [0, 0.05) is 22.4 Å². The highest BCUT2D eigenvalue weighted by Crippen LogP contribution is 2.56. The lowest BCUT2D eigenvalue weighted by Gasteiger charge is -2.00. The van der Waals surface area contributed by atoms with E-state index >= 15 is 0 Å². The smallest absolute Gasteiger partial charge is 0.339 e. The van der Waals surface area contributed by atoms with Crippen molar-refractivity contribution >= 4 is 28.3 Å². The van der Waals surface area contributed by atoms with Gasteiger partial charge in [0.15, 0.2) is 0 Å². The highest BCUT2D eigenvalue weighted by atomic mass is 32.1. The number of fused-ring (bicyclic) bond motifs is 1. The van der Waals surface area contributed by atoms with Crippen molar-refractivity contribution in [1.82, 2.24) is 4.98 Å². The molecule has 0 aliphatic heterocycles. The fourth-order valence-electron chi connectivity index (χ4n) is 3.16. The van der Waals surface area contributed by atoms with Gasteiger partial charge in [-0.15, -0.1) is 11.3 Å². The van der Waals surface area contributed by atoms with Crippen molar-refractivity contribution in [1.29, 1.82) is 0 Å². The molecule has 1 aliphatic rings. The van der Waals surface area contributed by atoms with Gasteiger partial charge in [0.25, 0.3) is 0 Å². The quantitative estimate of drug-likeness (QED) is 0.774. The molecule has 4 rings (SSSR count). The van der Waals surface area contributed by atoms with Gasteiger partial charge in [-0.25, -0.2) is 9.78 Å². The number of aryl methyl sites for hydroxylation is 2. The van der Waals surface area contributed by atoms with Crippen molar-refractivity contribution in [2.24, 2.45) is 0 Å².